The molecule has 2 aliphatic rings. The molecule has 12 aromatic rings. The first-order valence-electron chi connectivity index (χ1n) is 34.1. The lowest BCUT2D eigenvalue weighted by molar-refractivity contribution is 0.579. The number of benzene rings is 12. The smallest absolute Gasteiger partial charge is 0.0546 e. The molecule has 14 rings (SSSR count). The van der Waals surface area contributed by atoms with E-state index in [0.717, 1.165) is 22.7 Å². The Morgan fingerprint density at radius 2 is 0.585 bits per heavy atom. The molecule has 2 heteroatoms. The summed E-state index contributed by atoms with van der Waals surface area (Å²) in [6.07, 6.45) is 0. The van der Waals surface area contributed by atoms with Crippen molar-refractivity contribution in [3.63, 3.8) is 0 Å². The van der Waals surface area contributed by atoms with Gasteiger partial charge in [0.25, 0.3) is 0 Å². The molecule has 94 heavy (non-hydrogen) atoms. The molecule has 0 heterocycles. The van der Waals surface area contributed by atoms with Crippen molar-refractivity contribution < 1.29 is 0 Å². The average Bonchev–Trinajstić information content (AvgIpc) is 1.55. The largest absolute Gasteiger partial charge is 0.310 e. The lowest BCUT2D eigenvalue weighted by Gasteiger charge is -2.32. The van der Waals surface area contributed by atoms with Gasteiger partial charge in [-0.25, -0.2) is 0 Å². The fraction of sp³-hybridized carbons (Fsp3) is 0.261. The van der Waals surface area contributed by atoms with Crippen molar-refractivity contribution in [3.05, 3.63) is 286 Å². The molecule has 0 radical (unpaired) electrons. The first-order chi connectivity index (χ1) is 44.4. The zero-order valence-electron chi connectivity index (χ0n) is 58.8. The molecule has 0 saturated heterocycles. The molecule has 0 N–H and O–H groups in total. The van der Waals surface area contributed by atoms with Crippen LogP contribution in [0.4, 0.5) is 34.1 Å². The van der Waals surface area contributed by atoms with Gasteiger partial charge in [0.2, 0.25) is 0 Å². The molecule has 0 amide bonds. The summed E-state index contributed by atoms with van der Waals surface area (Å²) in [5.74, 6) is 0. The van der Waals surface area contributed by atoms with Crippen molar-refractivity contribution in [3.8, 4) is 55.6 Å². The molecule has 2 nitrogen and oxygen atoms in total. The van der Waals surface area contributed by atoms with E-state index in [1.165, 1.54) is 144 Å². The predicted octanol–water partition coefficient (Wildman–Crippen LogP) is 26.4. The molecule has 0 spiro atoms. The van der Waals surface area contributed by atoms with Crippen molar-refractivity contribution in [2.45, 2.75) is 157 Å². The highest BCUT2D eigenvalue weighted by molar-refractivity contribution is 6.00. The summed E-state index contributed by atoms with van der Waals surface area (Å²) in [7, 11) is 0. The van der Waals surface area contributed by atoms with E-state index in [1.807, 2.05) is 0 Å². The van der Waals surface area contributed by atoms with Gasteiger partial charge >= 0.3 is 0 Å². The van der Waals surface area contributed by atoms with Crippen LogP contribution in [0.3, 0.4) is 0 Å². The predicted molar refractivity (Wildman–Crippen MR) is 407 cm³/mol. The highest BCUT2D eigenvalue weighted by Gasteiger charge is 2.42. The summed E-state index contributed by atoms with van der Waals surface area (Å²) >= 11 is 0. The van der Waals surface area contributed by atoms with E-state index in [4.69, 9.17) is 0 Å². The first-order valence-corrected chi connectivity index (χ1v) is 34.1. The van der Waals surface area contributed by atoms with Crippen LogP contribution in [0, 0.1) is 13.8 Å². The van der Waals surface area contributed by atoms with Gasteiger partial charge in [0.05, 0.1) is 11.4 Å². The van der Waals surface area contributed by atoms with E-state index in [1.54, 1.807) is 0 Å². The Morgan fingerprint density at radius 1 is 0.255 bits per heavy atom. The second-order valence-corrected chi connectivity index (χ2v) is 32.5. The number of anilines is 6. The standard InChI is InChI=1S/C92H92N2/c1-57-45-65(63-29-23-31-71(49-63)93(73-39-33-59-25-19-21-27-61(59)47-73)83-55-69(89(9,10)11)53-81-85(83)77-43-37-67(87(3,4)5)51-79(77)91(81,15)16)35-41-75(57)76-42-36-66(46-58(76)2)64-30-24-32-72(50-64)94(74-40-34-60-26-20-22-28-62(60)48-74)84-56-70(90(12,13)14)54-82-86(84)78-44-38-68(88(6,7)8)52-80(78)92(82,17)18/h19-56H,1-18H3. The number of nitrogens with zero attached hydrogens (tertiary/aromatic N) is 2. The lowest BCUT2D eigenvalue weighted by Crippen LogP contribution is -2.20. The third-order valence-corrected chi connectivity index (χ3v) is 21.1. The van der Waals surface area contributed by atoms with Crippen LogP contribution in [0.1, 0.15) is 166 Å². The van der Waals surface area contributed by atoms with Gasteiger partial charge in [-0.15, -0.1) is 0 Å². The summed E-state index contributed by atoms with van der Waals surface area (Å²) in [5, 5.41) is 4.91. The van der Waals surface area contributed by atoms with Crippen LogP contribution in [-0.2, 0) is 32.5 Å². The highest BCUT2D eigenvalue weighted by atomic mass is 15.2. The average molecular weight is 1230 g/mol. The zero-order chi connectivity index (χ0) is 66.3. The number of aryl methyl sites for hydroxylation is 2. The SMILES string of the molecule is Cc1cc(-c2cccc(N(c3ccc4ccccc4c3)c3cc(C(C)(C)C)cc4c3-c3ccc(C(C)(C)C)cc3C4(C)C)c2)ccc1-c1ccc(-c2cccc(N(c3ccc4ccccc4c3)c3cc(C(C)(C)C)cc4c3-c3ccc(C(C)(C)C)cc3C4(C)C)c2)cc1C. The normalized spacial score (nSPS) is 14.0. The van der Waals surface area contributed by atoms with E-state index in [-0.39, 0.29) is 32.5 Å². The van der Waals surface area contributed by atoms with E-state index in [0.29, 0.717) is 0 Å². The fourth-order valence-electron chi connectivity index (χ4n) is 15.2. The van der Waals surface area contributed by atoms with Gasteiger partial charge in [0, 0.05) is 44.7 Å². The molecule has 0 bridgehead atoms. The number of hydrogen-bond acceptors (Lipinski definition) is 2. The maximum Gasteiger partial charge on any atom is 0.0546 e. The van der Waals surface area contributed by atoms with Gasteiger partial charge in [0.15, 0.2) is 0 Å². The number of fused-ring (bicyclic) bond motifs is 8. The summed E-state index contributed by atoms with van der Waals surface area (Å²) in [5.41, 5.74) is 32.4. The van der Waals surface area contributed by atoms with E-state index < -0.39 is 0 Å². The monoisotopic (exact) mass is 1220 g/mol. The Kier molecular flexibility index (Phi) is 14.7. The first kappa shape index (κ1) is 62.2. The Morgan fingerprint density at radius 3 is 0.947 bits per heavy atom. The topological polar surface area (TPSA) is 6.48 Å². The van der Waals surface area contributed by atoms with Crippen LogP contribution in [-0.4, -0.2) is 0 Å². The highest BCUT2D eigenvalue weighted by Crippen LogP contribution is 2.59. The van der Waals surface area contributed by atoms with Crippen LogP contribution in [0.2, 0.25) is 0 Å². The van der Waals surface area contributed by atoms with Crippen LogP contribution < -0.4 is 9.80 Å². The zero-order valence-corrected chi connectivity index (χ0v) is 58.8. The Hall–Kier alpha value is -9.24. The molecule has 2 aliphatic carbocycles. The second kappa shape index (κ2) is 22.2. The second-order valence-electron chi connectivity index (χ2n) is 32.5. The Bertz CT molecular complexity index is 4710. The van der Waals surface area contributed by atoms with Gasteiger partial charge in [-0.2, -0.15) is 0 Å². The summed E-state index contributed by atoms with van der Waals surface area (Å²) in [4.78, 5) is 5.10. The van der Waals surface area contributed by atoms with Crippen molar-refractivity contribution in [2.75, 3.05) is 9.80 Å². The third-order valence-electron chi connectivity index (χ3n) is 21.1. The van der Waals surface area contributed by atoms with E-state index in [9.17, 15) is 0 Å². The van der Waals surface area contributed by atoms with E-state index >= 15 is 0 Å². The molecule has 0 fully saturated rings. The molecule has 0 unspecified atom stereocenters. The van der Waals surface area contributed by atoms with E-state index in [2.05, 4.69) is 365 Å². The summed E-state index contributed by atoms with van der Waals surface area (Å²) in [6.45, 7) is 42.4. The minimum atomic E-state index is -0.202. The molecule has 0 aromatic heterocycles. The number of rotatable bonds is 9. The van der Waals surface area contributed by atoms with Gasteiger partial charge in [-0.1, -0.05) is 281 Å². The maximum atomic E-state index is 2.55. The van der Waals surface area contributed by atoms with Crippen LogP contribution in [0.15, 0.2) is 231 Å². The fourth-order valence-corrected chi connectivity index (χ4v) is 15.2. The Labute approximate surface area is 561 Å². The molecule has 470 valence electrons. The molecule has 12 aromatic carbocycles. The van der Waals surface area contributed by atoms with Gasteiger partial charge in [-0.3, -0.25) is 0 Å². The number of hydrogen-bond donors (Lipinski definition) is 0. The van der Waals surface area contributed by atoms with Crippen molar-refractivity contribution in [1.82, 2.24) is 0 Å². The Balaban J connectivity index is 0.846. The van der Waals surface area contributed by atoms with Crippen LogP contribution in [0.5, 0.6) is 0 Å². The summed E-state index contributed by atoms with van der Waals surface area (Å²) in [6, 6.07) is 88.7. The summed E-state index contributed by atoms with van der Waals surface area (Å²) < 4.78 is 0. The molecular weight excluding hydrogens is 1130 g/mol. The van der Waals surface area contributed by atoms with Gasteiger partial charge in [0.1, 0.15) is 0 Å². The van der Waals surface area contributed by atoms with Crippen molar-refractivity contribution >= 4 is 55.7 Å². The molecule has 0 atom stereocenters. The molecule has 0 saturated carbocycles. The third kappa shape index (κ3) is 10.8. The molecule has 0 aliphatic heterocycles. The van der Waals surface area contributed by atoms with Gasteiger partial charge in [-0.05, 0) is 218 Å². The van der Waals surface area contributed by atoms with Crippen LogP contribution >= 0.6 is 0 Å². The van der Waals surface area contributed by atoms with Crippen molar-refractivity contribution in [2.24, 2.45) is 0 Å². The lowest BCUT2D eigenvalue weighted by atomic mass is 9.77. The minimum absolute atomic E-state index is 0.0282. The quantitative estimate of drug-likeness (QED) is 0.142. The molecular formula is C92H92N2. The van der Waals surface area contributed by atoms with Crippen molar-refractivity contribution in [1.29, 1.82) is 0 Å². The minimum Gasteiger partial charge on any atom is -0.310 e. The van der Waals surface area contributed by atoms with Crippen LogP contribution in [0.25, 0.3) is 77.2 Å². The maximum absolute atomic E-state index is 2.55. The van der Waals surface area contributed by atoms with Gasteiger partial charge < -0.3 is 9.80 Å².